The Morgan fingerprint density at radius 3 is 2.43 bits per heavy atom. The number of rotatable bonds is 4. The van der Waals surface area contributed by atoms with Gasteiger partial charge in [-0.3, -0.25) is 4.48 Å². The Kier molecular flexibility index (Phi) is 3.49. The van der Waals surface area contributed by atoms with Crippen LogP contribution in [-0.4, -0.2) is 39.5 Å². The maximum absolute atomic E-state index is 8.69. The topological polar surface area (TPSA) is 29.5 Å². The first-order chi connectivity index (χ1) is 6.55. The molecule has 0 unspecified atom stereocenters. The van der Waals surface area contributed by atoms with Crippen molar-refractivity contribution in [2.24, 2.45) is 0 Å². The summed E-state index contributed by atoms with van der Waals surface area (Å²) >= 11 is 0. The molecule has 0 fully saturated rings. The van der Waals surface area contributed by atoms with Crippen LogP contribution >= 0.6 is 0 Å². The molecule has 3 heteroatoms. The van der Waals surface area contributed by atoms with Crippen LogP contribution in [0.2, 0.25) is 0 Å². The van der Waals surface area contributed by atoms with Crippen LogP contribution in [0.3, 0.4) is 0 Å². The molecule has 1 aromatic carbocycles. The Bertz CT molecular complexity index is 292. The van der Waals surface area contributed by atoms with Gasteiger partial charge in [0.05, 0.1) is 27.7 Å². The molecule has 0 amide bonds. The van der Waals surface area contributed by atoms with Gasteiger partial charge >= 0.3 is 0 Å². The van der Waals surface area contributed by atoms with E-state index in [0.717, 1.165) is 11.4 Å². The van der Waals surface area contributed by atoms with Gasteiger partial charge in [0.15, 0.2) is 11.4 Å². The van der Waals surface area contributed by atoms with Crippen LogP contribution in [0.4, 0.5) is 5.69 Å². The number of aliphatic hydroxyl groups is 1. The van der Waals surface area contributed by atoms with Crippen LogP contribution in [0.1, 0.15) is 0 Å². The van der Waals surface area contributed by atoms with Crippen molar-refractivity contribution in [1.82, 2.24) is 4.48 Å². The molecule has 0 aliphatic rings. The highest BCUT2D eigenvalue weighted by Crippen LogP contribution is 2.29. The van der Waals surface area contributed by atoms with E-state index in [1.165, 1.54) is 0 Å². The van der Waals surface area contributed by atoms with Crippen molar-refractivity contribution in [2.75, 3.05) is 34.4 Å². The highest BCUT2D eigenvalue weighted by molar-refractivity contribution is 5.54. The fourth-order valence-corrected chi connectivity index (χ4v) is 1.29. The lowest BCUT2D eigenvalue weighted by Gasteiger charge is -2.25. The van der Waals surface area contributed by atoms with Gasteiger partial charge in [-0.2, -0.15) is 0 Å². The van der Waals surface area contributed by atoms with E-state index in [2.05, 4.69) is 21.1 Å². The molecule has 1 aromatic rings. The third-order valence-corrected chi connectivity index (χ3v) is 1.94. The average molecular weight is 196 g/mol. The van der Waals surface area contributed by atoms with Gasteiger partial charge in [-0.25, -0.2) is 0 Å². The van der Waals surface area contributed by atoms with Crippen LogP contribution < -0.4 is 9.22 Å². The zero-order valence-corrected chi connectivity index (χ0v) is 9.03. The molecule has 3 nitrogen and oxygen atoms in total. The van der Waals surface area contributed by atoms with Gasteiger partial charge in [-0.05, 0) is 6.07 Å². The Balaban J connectivity index is 2.92. The molecule has 0 radical (unpaired) electrons. The van der Waals surface area contributed by atoms with E-state index in [9.17, 15) is 0 Å². The molecule has 0 heterocycles. The molecular weight excluding hydrogens is 178 g/mol. The Hall–Kier alpha value is -1.06. The summed E-state index contributed by atoms with van der Waals surface area (Å²) < 4.78 is 6.16. The van der Waals surface area contributed by atoms with Crippen LogP contribution in [-0.2, 0) is 0 Å². The zero-order chi connectivity index (χ0) is 10.6. The quantitative estimate of drug-likeness (QED) is 0.734. The van der Waals surface area contributed by atoms with Crippen molar-refractivity contribution in [3.63, 3.8) is 0 Å². The van der Waals surface area contributed by atoms with E-state index < -0.39 is 0 Å². The van der Waals surface area contributed by atoms with Crippen molar-refractivity contribution in [2.45, 2.75) is 0 Å². The van der Waals surface area contributed by atoms with Gasteiger partial charge in [-0.15, -0.1) is 0 Å². The van der Waals surface area contributed by atoms with Crippen molar-refractivity contribution >= 4 is 5.69 Å². The Labute approximate surface area is 85.1 Å². The molecule has 78 valence electrons. The van der Waals surface area contributed by atoms with Gasteiger partial charge in [0.2, 0.25) is 0 Å². The van der Waals surface area contributed by atoms with Crippen molar-refractivity contribution < 1.29 is 9.84 Å². The number of hydrogen-bond donors (Lipinski definition) is 1. The summed E-state index contributed by atoms with van der Waals surface area (Å²) in [6, 6.07) is 7.89. The fourth-order valence-electron chi connectivity index (χ4n) is 1.29. The van der Waals surface area contributed by atoms with Crippen LogP contribution in [0, 0.1) is 0 Å². The summed E-state index contributed by atoms with van der Waals surface area (Å²) in [7, 11) is 6.25. The number of ether oxygens (including phenoxy) is 1. The van der Waals surface area contributed by atoms with Crippen molar-refractivity contribution in [1.29, 1.82) is 0 Å². The Morgan fingerprint density at radius 2 is 1.86 bits per heavy atom. The predicted molar refractivity (Wildman–Crippen MR) is 58.6 cm³/mol. The molecular formula is C11H18NO2+. The number of para-hydroxylation sites is 2. The highest BCUT2D eigenvalue weighted by atomic mass is 16.5. The van der Waals surface area contributed by atoms with Gasteiger partial charge in [0, 0.05) is 6.07 Å². The third kappa shape index (κ3) is 2.72. The van der Waals surface area contributed by atoms with E-state index in [1.807, 2.05) is 24.3 Å². The standard InChI is InChI=1S/C11H18NO2/c1-12(2,3)10-6-4-5-7-11(10)14-9-8-13/h4-7,13H,8-9H2,1-3H3/q+1. The first kappa shape index (κ1) is 11.0. The summed E-state index contributed by atoms with van der Waals surface area (Å²) in [6.45, 7) is 0.391. The van der Waals surface area contributed by atoms with Gasteiger partial charge < -0.3 is 9.84 Å². The van der Waals surface area contributed by atoms with Gasteiger partial charge in [-0.1, -0.05) is 12.1 Å². The smallest absolute Gasteiger partial charge is 0.180 e. The van der Waals surface area contributed by atoms with Crippen molar-refractivity contribution in [3.8, 4) is 5.75 Å². The predicted octanol–water partition coefficient (Wildman–Crippen LogP) is 1.25. The van der Waals surface area contributed by atoms with Crippen LogP contribution in [0.25, 0.3) is 0 Å². The largest absolute Gasteiger partial charge is 0.485 e. The molecule has 0 saturated heterocycles. The second-order valence-electron chi connectivity index (χ2n) is 4.05. The summed E-state index contributed by atoms with van der Waals surface area (Å²) in [5.41, 5.74) is 1.11. The molecule has 0 aromatic heterocycles. The summed E-state index contributed by atoms with van der Waals surface area (Å²) in [4.78, 5) is 0. The molecule has 0 saturated carbocycles. The van der Waals surface area contributed by atoms with E-state index in [-0.39, 0.29) is 6.61 Å². The van der Waals surface area contributed by atoms with Gasteiger partial charge in [0.25, 0.3) is 0 Å². The van der Waals surface area contributed by atoms with Gasteiger partial charge in [0.1, 0.15) is 6.61 Å². The third-order valence-electron chi connectivity index (χ3n) is 1.94. The molecule has 14 heavy (non-hydrogen) atoms. The lowest BCUT2D eigenvalue weighted by atomic mass is 10.2. The number of aliphatic hydroxyl groups excluding tert-OH is 1. The maximum atomic E-state index is 8.69. The minimum absolute atomic E-state index is 0.0471. The second-order valence-corrected chi connectivity index (χ2v) is 4.05. The maximum Gasteiger partial charge on any atom is 0.180 e. The lowest BCUT2D eigenvalue weighted by Crippen LogP contribution is -2.35. The summed E-state index contributed by atoms with van der Waals surface area (Å²) in [5.74, 6) is 0.842. The number of quaternary nitrogens is 1. The molecule has 0 aliphatic heterocycles. The number of hydrogen-bond acceptors (Lipinski definition) is 2. The molecule has 0 aliphatic carbocycles. The fraction of sp³-hybridized carbons (Fsp3) is 0.455. The van der Waals surface area contributed by atoms with Crippen LogP contribution in [0.15, 0.2) is 24.3 Å². The zero-order valence-electron chi connectivity index (χ0n) is 9.03. The molecule has 1 rings (SSSR count). The minimum Gasteiger partial charge on any atom is -0.485 e. The van der Waals surface area contributed by atoms with E-state index in [0.29, 0.717) is 11.1 Å². The average Bonchev–Trinajstić information content (AvgIpc) is 2.14. The SMILES string of the molecule is C[N+](C)(C)c1ccccc1OCCO. The van der Waals surface area contributed by atoms with E-state index in [1.54, 1.807) is 0 Å². The molecule has 1 N–H and O–H groups in total. The monoisotopic (exact) mass is 196 g/mol. The van der Waals surface area contributed by atoms with E-state index in [4.69, 9.17) is 9.84 Å². The number of benzene rings is 1. The highest BCUT2D eigenvalue weighted by Gasteiger charge is 2.17. The van der Waals surface area contributed by atoms with E-state index >= 15 is 0 Å². The first-order valence-corrected chi connectivity index (χ1v) is 4.70. The number of nitrogens with zero attached hydrogens (tertiary/aromatic N) is 1. The van der Waals surface area contributed by atoms with Crippen molar-refractivity contribution in [3.05, 3.63) is 24.3 Å². The minimum atomic E-state index is 0.0471. The lowest BCUT2D eigenvalue weighted by molar-refractivity contribution is 0.199. The second kappa shape index (κ2) is 4.44. The Morgan fingerprint density at radius 1 is 1.21 bits per heavy atom. The normalized spacial score (nSPS) is 11.4. The summed E-state index contributed by atoms with van der Waals surface area (Å²) in [6.07, 6.45) is 0. The first-order valence-electron chi connectivity index (χ1n) is 4.70. The molecule has 0 atom stereocenters. The molecule has 0 spiro atoms. The molecule has 0 bridgehead atoms. The van der Waals surface area contributed by atoms with Crippen LogP contribution in [0.5, 0.6) is 5.75 Å². The summed E-state index contributed by atoms with van der Waals surface area (Å²) in [5, 5.41) is 8.69.